The van der Waals surface area contributed by atoms with Crippen molar-refractivity contribution in [3.8, 4) is 5.75 Å². The average Bonchev–Trinajstić information content (AvgIpc) is 3.03. The Balaban J connectivity index is 1.31. The van der Waals surface area contributed by atoms with Crippen LogP contribution >= 0.6 is 23.2 Å². The fourth-order valence-corrected chi connectivity index (χ4v) is 6.65. The standard InChI is InChI=1S/C33H50Cl2N8O5/c1-5-6-25-21-42(30-28(35)39-27(29(36)40-30)31(45)37-11-17-44)15-16-43(25)24-9-13-41(14-10-24)20-22-7-8-23(34)19-26(22)47-18-12-38-32(46)48-33(2,3)4/h7-8,19,24-25,44H,5-6,9-18,20-21H2,1-4H3,(H2,36,40)(H,37,45)(H,38,46)/t25-/m0/s1. The molecule has 2 aliphatic rings. The van der Waals surface area contributed by atoms with Gasteiger partial charge in [-0.05, 0) is 65.3 Å². The van der Waals surface area contributed by atoms with Crippen LogP contribution in [0, 0.1) is 0 Å². The van der Waals surface area contributed by atoms with Crippen molar-refractivity contribution in [3.63, 3.8) is 0 Å². The number of aliphatic hydroxyl groups is 1. The summed E-state index contributed by atoms with van der Waals surface area (Å²) in [6, 6.07) is 6.50. The first-order valence-electron chi connectivity index (χ1n) is 16.7. The van der Waals surface area contributed by atoms with Crippen LogP contribution in [0.2, 0.25) is 10.2 Å². The van der Waals surface area contributed by atoms with Gasteiger partial charge in [0.05, 0.1) is 13.2 Å². The van der Waals surface area contributed by atoms with Crippen molar-refractivity contribution < 1.29 is 24.2 Å². The molecule has 48 heavy (non-hydrogen) atoms. The summed E-state index contributed by atoms with van der Waals surface area (Å²) in [5.41, 5.74) is 6.58. The number of likely N-dealkylation sites (tertiary alicyclic amines) is 1. The maximum Gasteiger partial charge on any atom is 0.407 e. The zero-order valence-corrected chi connectivity index (χ0v) is 29.9. The van der Waals surface area contributed by atoms with Crippen molar-refractivity contribution >= 4 is 46.8 Å². The lowest BCUT2D eigenvalue weighted by Gasteiger charge is -2.48. The highest BCUT2D eigenvalue weighted by molar-refractivity contribution is 6.32. The number of anilines is 2. The van der Waals surface area contributed by atoms with Gasteiger partial charge in [0, 0.05) is 55.4 Å². The fraction of sp³-hybridized carbons (Fsp3) is 0.636. The number of nitrogens with one attached hydrogen (secondary N) is 2. The molecule has 0 saturated carbocycles. The van der Waals surface area contributed by atoms with Crippen LogP contribution in [0.15, 0.2) is 18.2 Å². The summed E-state index contributed by atoms with van der Waals surface area (Å²) in [5.74, 6) is 0.703. The number of alkyl carbamates (subject to hydrolysis) is 1. The molecule has 1 atom stereocenters. The van der Waals surface area contributed by atoms with Gasteiger partial charge >= 0.3 is 6.09 Å². The second-order valence-corrected chi connectivity index (χ2v) is 14.0. The molecule has 0 spiro atoms. The first-order valence-corrected chi connectivity index (χ1v) is 17.5. The van der Waals surface area contributed by atoms with Crippen LogP contribution in [0.3, 0.4) is 0 Å². The third kappa shape index (κ3) is 10.7. The number of nitrogens with two attached hydrogens (primary N) is 1. The van der Waals surface area contributed by atoms with Crippen molar-refractivity contribution in [2.75, 3.05) is 69.7 Å². The van der Waals surface area contributed by atoms with Crippen molar-refractivity contribution in [1.82, 2.24) is 30.4 Å². The number of hydrogen-bond acceptors (Lipinski definition) is 11. The highest BCUT2D eigenvalue weighted by Gasteiger charge is 2.35. The number of halogens is 2. The number of nitrogen functional groups attached to an aromatic ring is 1. The van der Waals surface area contributed by atoms with Crippen molar-refractivity contribution in [3.05, 3.63) is 39.6 Å². The number of carbonyl (C=O) groups is 2. The van der Waals surface area contributed by atoms with E-state index in [1.165, 1.54) is 0 Å². The molecule has 13 nitrogen and oxygen atoms in total. The van der Waals surface area contributed by atoms with E-state index in [9.17, 15) is 9.59 Å². The van der Waals surface area contributed by atoms with E-state index in [1.54, 1.807) is 0 Å². The van der Waals surface area contributed by atoms with Crippen molar-refractivity contribution in [2.24, 2.45) is 0 Å². The van der Waals surface area contributed by atoms with E-state index in [2.05, 4.69) is 42.2 Å². The molecule has 2 aromatic rings. The maximum absolute atomic E-state index is 12.4. The van der Waals surface area contributed by atoms with E-state index < -0.39 is 17.6 Å². The monoisotopic (exact) mass is 708 g/mol. The number of amides is 2. The quantitative estimate of drug-likeness (QED) is 0.223. The van der Waals surface area contributed by atoms with Crippen LogP contribution < -0.4 is 26.0 Å². The van der Waals surface area contributed by atoms with E-state index in [0.29, 0.717) is 36.1 Å². The first kappa shape index (κ1) is 37.7. The van der Waals surface area contributed by atoms with E-state index in [0.717, 1.165) is 76.3 Å². The molecule has 1 aromatic carbocycles. The Kier molecular flexibility index (Phi) is 13.8. The minimum Gasteiger partial charge on any atom is -0.491 e. The summed E-state index contributed by atoms with van der Waals surface area (Å²) >= 11 is 12.8. The molecule has 266 valence electrons. The number of nitrogens with zero attached hydrogens (tertiary/aromatic N) is 5. The smallest absolute Gasteiger partial charge is 0.407 e. The predicted octanol–water partition coefficient (Wildman–Crippen LogP) is 3.95. The molecule has 2 aliphatic heterocycles. The maximum atomic E-state index is 12.4. The lowest BCUT2D eigenvalue weighted by molar-refractivity contribution is 0.0519. The molecule has 2 fully saturated rings. The summed E-state index contributed by atoms with van der Waals surface area (Å²) in [6.07, 6.45) is 3.71. The molecule has 15 heteroatoms. The molecule has 1 aromatic heterocycles. The van der Waals surface area contributed by atoms with Crippen LogP contribution in [-0.4, -0.2) is 114 Å². The van der Waals surface area contributed by atoms with E-state index in [-0.39, 0.29) is 29.8 Å². The third-order valence-electron chi connectivity index (χ3n) is 8.40. The molecule has 0 unspecified atom stereocenters. The topological polar surface area (TPSA) is 158 Å². The molecule has 0 bridgehead atoms. The Hall–Kier alpha value is -3.10. The molecule has 2 amide bonds. The number of ether oxygens (including phenoxy) is 2. The summed E-state index contributed by atoms with van der Waals surface area (Å²) in [4.78, 5) is 40.3. The number of benzene rings is 1. The van der Waals surface area contributed by atoms with Gasteiger partial charge in [0.1, 0.15) is 18.0 Å². The molecule has 4 rings (SSSR count). The Morgan fingerprint density at radius 1 is 1.08 bits per heavy atom. The Bertz CT molecular complexity index is 1390. The highest BCUT2D eigenvalue weighted by atomic mass is 35.5. The summed E-state index contributed by atoms with van der Waals surface area (Å²) < 4.78 is 11.3. The number of aromatic nitrogens is 2. The molecular weight excluding hydrogens is 659 g/mol. The van der Waals surface area contributed by atoms with Gasteiger partial charge in [0.2, 0.25) is 0 Å². The fourth-order valence-electron chi connectivity index (χ4n) is 6.24. The lowest BCUT2D eigenvalue weighted by atomic mass is 9.97. The lowest BCUT2D eigenvalue weighted by Crippen LogP contribution is -2.58. The average molecular weight is 710 g/mol. The van der Waals surface area contributed by atoms with Crippen LogP contribution in [0.25, 0.3) is 0 Å². The van der Waals surface area contributed by atoms with Crippen LogP contribution in [0.1, 0.15) is 69.4 Å². The largest absolute Gasteiger partial charge is 0.491 e. The van der Waals surface area contributed by atoms with Crippen LogP contribution in [0.5, 0.6) is 5.75 Å². The Labute approximate surface area is 293 Å². The van der Waals surface area contributed by atoms with E-state index in [1.807, 2.05) is 39.0 Å². The molecule has 2 saturated heterocycles. The first-order chi connectivity index (χ1) is 22.9. The second-order valence-electron chi connectivity index (χ2n) is 13.2. The van der Waals surface area contributed by atoms with E-state index in [4.69, 9.17) is 43.5 Å². The number of piperidine rings is 1. The van der Waals surface area contributed by atoms with Gasteiger partial charge in [-0.1, -0.05) is 42.6 Å². The zero-order valence-electron chi connectivity index (χ0n) is 28.4. The molecule has 0 radical (unpaired) electrons. The number of aliphatic hydroxyl groups excluding tert-OH is 1. The summed E-state index contributed by atoms with van der Waals surface area (Å²) in [6.45, 7) is 13.2. The van der Waals surface area contributed by atoms with Gasteiger partial charge in [-0.2, -0.15) is 0 Å². The van der Waals surface area contributed by atoms with Gasteiger partial charge < -0.3 is 35.8 Å². The van der Waals surface area contributed by atoms with Crippen LogP contribution in [-0.2, 0) is 11.3 Å². The summed E-state index contributed by atoms with van der Waals surface area (Å²) in [5, 5.41) is 15.0. The Morgan fingerprint density at radius 3 is 2.52 bits per heavy atom. The minimum absolute atomic E-state index is 0.0124. The van der Waals surface area contributed by atoms with Gasteiger partial charge in [-0.3, -0.25) is 14.6 Å². The van der Waals surface area contributed by atoms with Crippen molar-refractivity contribution in [1.29, 1.82) is 0 Å². The van der Waals surface area contributed by atoms with Crippen LogP contribution in [0.4, 0.5) is 16.4 Å². The van der Waals surface area contributed by atoms with Crippen molar-refractivity contribution in [2.45, 2.75) is 77.6 Å². The molecular formula is C33H50Cl2N8O5. The van der Waals surface area contributed by atoms with Gasteiger partial charge in [0.15, 0.2) is 22.5 Å². The zero-order chi connectivity index (χ0) is 34.8. The normalized spacial score (nSPS) is 18.1. The van der Waals surface area contributed by atoms with Gasteiger partial charge in [-0.25, -0.2) is 14.8 Å². The SMILES string of the molecule is CCC[C@H]1CN(c2nc(N)c(C(=O)NCCO)nc2Cl)CCN1C1CCN(Cc2ccc(Cl)cc2OCCNC(=O)OC(C)(C)C)CC1. The predicted molar refractivity (Wildman–Crippen MR) is 188 cm³/mol. The highest BCUT2D eigenvalue weighted by Crippen LogP contribution is 2.31. The third-order valence-corrected chi connectivity index (χ3v) is 8.89. The van der Waals surface area contributed by atoms with Gasteiger partial charge in [0.25, 0.3) is 5.91 Å². The second kappa shape index (κ2) is 17.5. The molecule has 3 heterocycles. The van der Waals surface area contributed by atoms with E-state index >= 15 is 0 Å². The number of piperazine rings is 1. The minimum atomic E-state index is -0.557. The number of rotatable bonds is 13. The summed E-state index contributed by atoms with van der Waals surface area (Å²) in [7, 11) is 0. The number of hydrogen-bond donors (Lipinski definition) is 4. The Morgan fingerprint density at radius 2 is 1.83 bits per heavy atom. The number of carbonyl (C=O) groups excluding carboxylic acids is 2. The molecule has 0 aliphatic carbocycles. The van der Waals surface area contributed by atoms with Gasteiger partial charge in [-0.15, -0.1) is 0 Å². The molecule has 5 N–H and O–H groups in total.